The van der Waals surface area contributed by atoms with Crippen molar-refractivity contribution in [3.63, 3.8) is 0 Å². The lowest BCUT2D eigenvalue weighted by molar-refractivity contribution is -0.0800. The Kier molecular flexibility index (Phi) is 5.35. The van der Waals surface area contributed by atoms with E-state index in [2.05, 4.69) is 25.7 Å². The van der Waals surface area contributed by atoms with Gasteiger partial charge in [-0.05, 0) is 45.5 Å². The van der Waals surface area contributed by atoms with Crippen LogP contribution in [0.5, 0.6) is 11.5 Å². The minimum Gasteiger partial charge on any atom is -0.493 e. The fourth-order valence-corrected chi connectivity index (χ4v) is 3.31. The third-order valence-corrected chi connectivity index (χ3v) is 4.37. The molecule has 0 spiro atoms. The van der Waals surface area contributed by atoms with E-state index in [1.54, 1.807) is 0 Å². The van der Waals surface area contributed by atoms with Crippen molar-refractivity contribution in [2.24, 2.45) is 0 Å². The Bertz CT molecular complexity index is 497. The van der Waals surface area contributed by atoms with E-state index in [1.165, 1.54) is 0 Å². The van der Waals surface area contributed by atoms with Gasteiger partial charge in [0.2, 0.25) is 0 Å². The molecule has 1 aromatic rings. The summed E-state index contributed by atoms with van der Waals surface area (Å²) in [6.07, 6.45) is 0.412. The Labute approximate surface area is 134 Å². The highest BCUT2D eigenvalue weighted by molar-refractivity contribution is 5.45. The van der Waals surface area contributed by atoms with E-state index >= 15 is 0 Å². The lowest BCUT2D eigenvalue weighted by Gasteiger charge is -2.47. The first kappa shape index (κ1) is 17.1. The van der Waals surface area contributed by atoms with Gasteiger partial charge in [0.05, 0.1) is 12.6 Å². The molecule has 0 bridgehead atoms. The molecular formula is C18H29NO3. The molecule has 2 unspecified atom stereocenters. The second-order valence-electron chi connectivity index (χ2n) is 6.36. The normalized spacial score (nSPS) is 23.0. The molecule has 0 amide bonds. The molecule has 0 fully saturated rings. The maximum Gasteiger partial charge on any atom is 0.129 e. The molecule has 0 aromatic heterocycles. The van der Waals surface area contributed by atoms with Crippen LogP contribution in [0.2, 0.25) is 0 Å². The number of aliphatic hydroxyl groups is 1. The number of likely N-dealkylation sites (N-methyl/N-ethyl adjacent to an activating group) is 1. The van der Waals surface area contributed by atoms with Crippen LogP contribution >= 0.6 is 0 Å². The third-order valence-electron chi connectivity index (χ3n) is 4.37. The number of benzene rings is 1. The molecule has 4 nitrogen and oxygen atoms in total. The predicted molar refractivity (Wildman–Crippen MR) is 88.6 cm³/mol. The van der Waals surface area contributed by atoms with Gasteiger partial charge in [-0.15, -0.1) is 0 Å². The van der Waals surface area contributed by atoms with Gasteiger partial charge >= 0.3 is 0 Å². The largest absolute Gasteiger partial charge is 0.493 e. The molecule has 22 heavy (non-hydrogen) atoms. The van der Waals surface area contributed by atoms with Crippen LogP contribution in [0.1, 0.15) is 52.7 Å². The molecule has 2 rings (SSSR count). The third kappa shape index (κ3) is 3.23. The molecular weight excluding hydrogens is 278 g/mol. The van der Waals surface area contributed by atoms with Gasteiger partial charge in [-0.2, -0.15) is 0 Å². The minimum atomic E-state index is -0.557. The first-order valence-corrected chi connectivity index (χ1v) is 8.32. The summed E-state index contributed by atoms with van der Waals surface area (Å²) >= 11 is 0. The number of hydrogen-bond acceptors (Lipinski definition) is 4. The van der Waals surface area contributed by atoms with Crippen molar-refractivity contribution in [2.75, 3.05) is 19.7 Å². The van der Waals surface area contributed by atoms with Gasteiger partial charge in [0, 0.05) is 11.6 Å². The first-order chi connectivity index (χ1) is 10.4. The number of aliphatic hydroxyl groups excluding tert-OH is 1. The highest BCUT2D eigenvalue weighted by Gasteiger charge is 2.45. The summed E-state index contributed by atoms with van der Waals surface area (Å²) in [7, 11) is 0. The number of nitrogens with zero attached hydrogens (tertiary/aromatic N) is 1. The van der Waals surface area contributed by atoms with Gasteiger partial charge in [0.1, 0.15) is 23.2 Å². The summed E-state index contributed by atoms with van der Waals surface area (Å²) in [5, 5.41) is 10.9. The topological polar surface area (TPSA) is 41.9 Å². The van der Waals surface area contributed by atoms with Crippen molar-refractivity contribution in [3.8, 4) is 11.5 Å². The summed E-state index contributed by atoms with van der Waals surface area (Å²) < 4.78 is 11.9. The van der Waals surface area contributed by atoms with Crippen molar-refractivity contribution in [2.45, 2.75) is 58.8 Å². The molecule has 1 aromatic carbocycles. The Morgan fingerprint density at radius 1 is 1.23 bits per heavy atom. The number of fused-ring (bicyclic) bond motifs is 1. The van der Waals surface area contributed by atoms with Gasteiger partial charge in [0.15, 0.2) is 0 Å². The van der Waals surface area contributed by atoms with Crippen LogP contribution in [0.25, 0.3) is 0 Å². The summed E-state index contributed by atoms with van der Waals surface area (Å²) in [5.74, 6) is 1.53. The molecule has 4 heteroatoms. The van der Waals surface area contributed by atoms with Gasteiger partial charge in [-0.3, -0.25) is 4.90 Å². The van der Waals surface area contributed by atoms with Crippen LogP contribution in [0.4, 0.5) is 0 Å². The van der Waals surface area contributed by atoms with Crippen LogP contribution in [0, 0.1) is 0 Å². The van der Waals surface area contributed by atoms with E-state index in [0.717, 1.165) is 36.6 Å². The summed E-state index contributed by atoms with van der Waals surface area (Å²) in [6, 6.07) is 5.68. The average molecular weight is 307 g/mol. The molecule has 0 saturated heterocycles. The van der Waals surface area contributed by atoms with Crippen LogP contribution in [0.15, 0.2) is 18.2 Å². The molecule has 2 atom stereocenters. The SMILES string of the molecule is CCCOc1ccc2c(c1)OC(C)(C)C(N(CC)CC)C2O. The molecule has 0 radical (unpaired) electrons. The quantitative estimate of drug-likeness (QED) is 0.875. The lowest BCUT2D eigenvalue weighted by atomic mass is 9.85. The molecule has 1 heterocycles. The zero-order chi connectivity index (χ0) is 16.3. The maximum atomic E-state index is 10.9. The van der Waals surface area contributed by atoms with E-state index in [0.29, 0.717) is 6.61 Å². The number of ether oxygens (including phenoxy) is 2. The van der Waals surface area contributed by atoms with E-state index < -0.39 is 11.7 Å². The fraction of sp³-hybridized carbons (Fsp3) is 0.667. The standard InChI is InChI=1S/C18H29NO3/c1-6-11-21-13-9-10-14-15(12-13)22-18(4,5)17(16(14)20)19(7-2)8-3/h9-10,12,16-17,20H,6-8,11H2,1-5H3. The Morgan fingerprint density at radius 2 is 1.91 bits per heavy atom. The van der Waals surface area contributed by atoms with Crippen LogP contribution in [-0.2, 0) is 0 Å². The zero-order valence-corrected chi connectivity index (χ0v) is 14.4. The predicted octanol–water partition coefficient (Wildman–Crippen LogP) is 3.39. The van der Waals surface area contributed by atoms with Crippen molar-refractivity contribution >= 4 is 0 Å². The molecule has 1 aliphatic rings. The first-order valence-electron chi connectivity index (χ1n) is 8.32. The van der Waals surface area contributed by atoms with Gasteiger partial charge in [0.25, 0.3) is 0 Å². The molecule has 1 N–H and O–H groups in total. The van der Waals surface area contributed by atoms with Crippen LogP contribution in [0.3, 0.4) is 0 Å². The zero-order valence-electron chi connectivity index (χ0n) is 14.4. The maximum absolute atomic E-state index is 10.9. The van der Waals surface area contributed by atoms with E-state index in [9.17, 15) is 5.11 Å². The van der Waals surface area contributed by atoms with E-state index in [4.69, 9.17) is 9.47 Å². The Hall–Kier alpha value is -1.26. The van der Waals surface area contributed by atoms with Gasteiger partial charge < -0.3 is 14.6 Å². The van der Waals surface area contributed by atoms with Crippen molar-refractivity contribution < 1.29 is 14.6 Å². The van der Waals surface area contributed by atoms with Crippen molar-refractivity contribution in [3.05, 3.63) is 23.8 Å². The highest BCUT2D eigenvalue weighted by Crippen LogP contribution is 2.43. The molecule has 124 valence electrons. The van der Waals surface area contributed by atoms with Gasteiger partial charge in [-0.1, -0.05) is 20.8 Å². The second-order valence-corrected chi connectivity index (χ2v) is 6.36. The molecule has 1 aliphatic heterocycles. The molecule has 0 aliphatic carbocycles. The summed E-state index contributed by atoms with van der Waals surface area (Å²) in [5.41, 5.74) is 0.391. The van der Waals surface area contributed by atoms with Crippen LogP contribution < -0.4 is 9.47 Å². The summed E-state index contributed by atoms with van der Waals surface area (Å²) in [4.78, 5) is 2.26. The minimum absolute atomic E-state index is 0.0580. The lowest BCUT2D eigenvalue weighted by Crippen LogP contribution is -2.57. The number of rotatable bonds is 6. The fourth-order valence-electron chi connectivity index (χ4n) is 3.31. The van der Waals surface area contributed by atoms with E-state index in [-0.39, 0.29) is 6.04 Å². The monoisotopic (exact) mass is 307 g/mol. The Balaban J connectivity index is 2.34. The van der Waals surface area contributed by atoms with Crippen LogP contribution in [-0.4, -0.2) is 41.3 Å². The van der Waals surface area contributed by atoms with Gasteiger partial charge in [-0.25, -0.2) is 0 Å². The van der Waals surface area contributed by atoms with Crippen molar-refractivity contribution in [1.29, 1.82) is 0 Å². The number of hydrogen-bond donors (Lipinski definition) is 1. The van der Waals surface area contributed by atoms with E-state index in [1.807, 2.05) is 32.0 Å². The van der Waals surface area contributed by atoms with Crippen molar-refractivity contribution in [1.82, 2.24) is 4.90 Å². The molecule has 0 saturated carbocycles. The average Bonchev–Trinajstić information content (AvgIpc) is 2.48. The Morgan fingerprint density at radius 3 is 2.50 bits per heavy atom. The highest BCUT2D eigenvalue weighted by atomic mass is 16.5. The second kappa shape index (κ2) is 6.88. The smallest absolute Gasteiger partial charge is 0.129 e. The summed E-state index contributed by atoms with van der Waals surface area (Å²) in [6.45, 7) is 12.9.